The van der Waals surface area contributed by atoms with Crippen molar-refractivity contribution >= 4 is 29.5 Å². The van der Waals surface area contributed by atoms with Gasteiger partial charge in [0.05, 0.1) is 6.54 Å². The molecule has 0 aliphatic rings. The van der Waals surface area contributed by atoms with Gasteiger partial charge in [-0.1, -0.05) is 44.0 Å². The van der Waals surface area contributed by atoms with E-state index in [0.29, 0.717) is 11.4 Å². The molecule has 0 spiro atoms. The number of halogens is 1. The molecule has 0 saturated heterocycles. The minimum atomic E-state index is -1.09. The average Bonchev–Trinajstić information content (AvgIpc) is 2.56. The van der Waals surface area contributed by atoms with Gasteiger partial charge in [-0.15, -0.1) is 0 Å². The Bertz CT molecular complexity index is 577. The average molecular weight is 356 g/mol. The van der Waals surface area contributed by atoms with Crippen LogP contribution in [0.5, 0.6) is 0 Å². The lowest BCUT2D eigenvalue weighted by Gasteiger charge is -2.20. The van der Waals surface area contributed by atoms with Gasteiger partial charge in [-0.2, -0.15) is 0 Å². The zero-order chi connectivity index (χ0) is 18.1. The zero-order valence-electron chi connectivity index (χ0n) is 13.6. The zero-order valence-corrected chi connectivity index (χ0v) is 14.4. The molecule has 0 heterocycles. The van der Waals surface area contributed by atoms with Crippen LogP contribution in [0.15, 0.2) is 24.3 Å². The number of carboxylic acids is 1. The first-order valence-corrected chi connectivity index (χ1v) is 7.99. The van der Waals surface area contributed by atoms with Crippen molar-refractivity contribution < 1.29 is 19.5 Å². The van der Waals surface area contributed by atoms with Crippen LogP contribution < -0.4 is 16.0 Å². The van der Waals surface area contributed by atoms with E-state index in [2.05, 4.69) is 16.0 Å². The van der Waals surface area contributed by atoms with Crippen molar-refractivity contribution in [1.82, 2.24) is 16.0 Å². The van der Waals surface area contributed by atoms with Crippen LogP contribution in [0.25, 0.3) is 0 Å². The van der Waals surface area contributed by atoms with Gasteiger partial charge in [0.1, 0.15) is 6.04 Å². The number of hydrogen-bond donors (Lipinski definition) is 4. The Morgan fingerprint density at radius 2 is 1.79 bits per heavy atom. The van der Waals surface area contributed by atoms with Crippen LogP contribution in [0.1, 0.15) is 25.8 Å². The number of aliphatic carboxylic acids is 1. The normalized spacial score (nSPS) is 12.8. The van der Waals surface area contributed by atoms with Gasteiger partial charge >= 0.3 is 12.0 Å². The number of urea groups is 1. The van der Waals surface area contributed by atoms with Crippen LogP contribution >= 0.6 is 11.6 Å². The summed E-state index contributed by atoms with van der Waals surface area (Å²) >= 11 is 5.77. The van der Waals surface area contributed by atoms with Crippen molar-refractivity contribution in [3.05, 3.63) is 34.9 Å². The van der Waals surface area contributed by atoms with Crippen molar-refractivity contribution in [3.8, 4) is 0 Å². The number of nitrogens with one attached hydrogen (secondary N) is 3. The first-order chi connectivity index (χ1) is 11.3. The molecule has 0 aromatic heterocycles. The van der Waals surface area contributed by atoms with Gasteiger partial charge < -0.3 is 21.1 Å². The molecule has 3 amide bonds. The van der Waals surface area contributed by atoms with E-state index in [9.17, 15) is 14.4 Å². The number of carbonyl (C=O) groups excluding carboxylic acids is 2. The monoisotopic (exact) mass is 355 g/mol. The highest BCUT2D eigenvalue weighted by Gasteiger charge is 2.25. The maximum absolute atomic E-state index is 11.8. The van der Waals surface area contributed by atoms with E-state index in [1.54, 1.807) is 31.2 Å². The lowest BCUT2D eigenvalue weighted by molar-refractivity contribution is -0.143. The maximum atomic E-state index is 11.8. The molecule has 0 aliphatic carbocycles. The summed E-state index contributed by atoms with van der Waals surface area (Å²) in [4.78, 5) is 34.5. The van der Waals surface area contributed by atoms with Crippen LogP contribution in [0, 0.1) is 5.92 Å². The first-order valence-electron chi connectivity index (χ1n) is 7.61. The van der Waals surface area contributed by atoms with E-state index >= 15 is 0 Å². The highest BCUT2D eigenvalue weighted by Crippen LogP contribution is 2.09. The Labute approximate surface area is 145 Å². The third-order valence-electron chi connectivity index (χ3n) is 3.57. The molecular formula is C16H22ClN3O4. The van der Waals surface area contributed by atoms with Gasteiger partial charge in [-0.3, -0.25) is 4.79 Å². The SMILES string of the molecule is CCC(C)C(NC(=O)CNC(=O)NCc1ccc(Cl)cc1)C(=O)O. The van der Waals surface area contributed by atoms with E-state index in [1.165, 1.54) is 0 Å². The minimum absolute atomic E-state index is 0.204. The van der Waals surface area contributed by atoms with Gasteiger partial charge in [0.25, 0.3) is 0 Å². The fraction of sp³-hybridized carbons (Fsp3) is 0.438. The largest absolute Gasteiger partial charge is 0.480 e. The van der Waals surface area contributed by atoms with Crippen LogP contribution in [0.4, 0.5) is 4.79 Å². The van der Waals surface area contributed by atoms with Gasteiger partial charge in [0.15, 0.2) is 0 Å². The molecule has 8 heteroatoms. The van der Waals surface area contributed by atoms with Crippen molar-refractivity contribution in [1.29, 1.82) is 0 Å². The Morgan fingerprint density at radius 1 is 1.17 bits per heavy atom. The summed E-state index contributed by atoms with van der Waals surface area (Å²) in [6, 6.07) is 5.49. The molecule has 0 bridgehead atoms. The molecule has 0 saturated carbocycles. The van der Waals surface area contributed by atoms with Gasteiger partial charge in [-0.05, 0) is 23.6 Å². The van der Waals surface area contributed by atoms with E-state index in [0.717, 1.165) is 5.56 Å². The molecule has 24 heavy (non-hydrogen) atoms. The molecule has 2 atom stereocenters. The number of benzene rings is 1. The third kappa shape index (κ3) is 6.87. The van der Waals surface area contributed by atoms with E-state index in [1.807, 2.05) is 6.92 Å². The van der Waals surface area contributed by atoms with Crippen LogP contribution in [-0.4, -0.2) is 35.6 Å². The molecule has 1 aromatic carbocycles. The Hall–Kier alpha value is -2.28. The maximum Gasteiger partial charge on any atom is 0.326 e. The standard InChI is InChI=1S/C16H22ClN3O4/c1-3-10(2)14(15(22)23)20-13(21)9-19-16(24)18-8-11-4-6-12(17)7-5-11/h4-7,10,14H,3,8-9H2,1-2H3,(H,20,21)(H,22,23)(H2,18,19,24). The highest BCUT2D eigenvalue weighted by atomic mass is 35.5. The number of carboxylic acid groups (broad SMARTS) is 1. The summed E-state index contributed by atoms with van der Waals surface area (Å²) in [6.07, 6.45) is 0.617. The van der Waals surface area contributed by atoms with E-state index < -0.39 is 23.9 Å². The van der Waals surface area contributed by atoms with Crippen LogP contribution in [0.2, 0.25) is 5.02 Å². The molecule has 4 N–H and O–H groups in total. The molecule has 132 valence electrons. The second kappa shape index (κ2) is 9.77. The predicted octanol–water partition coefficient (Wildman–Crippen LogP) is 1.75. The molecule has 0 fully saturated rings. The lowest BCUT2D eigenvalue weighted by atomic mass is 9.99. The number of carbonyl (C=O) groups is 3. The minimum Gasteiger partial charge on any atom is -0.480 e. The smallest absolute Gasteiger partial charge is 0.326 e. The lowest BCUT2D eigenvalue weighted by Crippen LogP contribution is -2.49. The Balaban J connectivity index is 2.36. The fourth-order valence-electron chi connectivity index (χ4n) is 1.92. The van der Waals surface area contributed by atoms with E-state index in [4.69, 9.17) is 16.7 Å². The predicted molar refractivity (Wildman–Crippen MR) is 90.7 cm³/mol. The molecular weight excluding hydrogens is 334 g/mol. The summed E-state index contributed by atoms with van der Waals surface area (Å²) in [7, 11) is 0. The summed E-state index contributed by atoms with van der Waals surface area (Å²) < 4.78 is 0. The van der Waals surface area contributed by atoms with Crippen LogP contribution in [-0.2, 0) is 16.1 Å². The fourth-order valence-corrected chi connectivity index (χ4v) is 2.04. The number of hydrogen-bond acceptors (Lipinski definition) is 3. The van der Waals surface area contributed by atoms with Gasteiger partial charge in [0, 0.05) is 11.6 Å². The molecule has 0 aliphatic heterocycles. The molecule has 0 radical (unpaired) electrons. The van der Waals surface area contributed by atoms with Crippen molar-refractivity contribution in [2.45, 2.75) is 32.9 Å². The molecule has 7 nitrogen and oxygen atoms in total. The Morgan fingerprint density at radius 3 is 2.33 bits per heavy atom. The topological polar surface area (TPSA) is 108 Å². The number of amides is 3. The summed E-state index contributed by atoms with van der Waals surface area (Å²) in [5.74, 6) is -1.85. The van der Waals surface area contributed by atoms with Crippen molar-refractivity contribution in [2.75, 3.05) is 6.54 Å². The van der Waals surface area contributed by atoms with Crippen molar-refractivity contribution in [2.24, 2.45) is 5.92 Å². The number of rotatable bonds is 8. The molecule has 1 aromatic rings. The summed E-state index contributed by atoms with van der Waals surface area (Å²) in [5, 5.41) is 17.1. The summed E-state index contributed by atoms with van der Waals surface area (Å²) in [6.45, 7) is 3.57. The second-order valence-electron chi connectivity index (χ2n) is 5.43. The van der Waals surface area contributed by atoms with Gasteiger partial charge in [-0.25, -0.2) is 9.59 Å². The second-order valence-corrected chi connectivity index (χ2v) is 5.87. The van der Waals surface area contributed by atoms with Gasteiger partial charge in [0.2, 0.25) is 5.91 Å². The third-order valence-corrected chi connectivity index (χ3v) is 3.82. The molecule has 1 rings (SSSR count). The van der Waals surface area contributed by atoms with Crippen molar-refractivity contribution in [3.63, 3.8) is 0 Å². The highest BCUT2D eigenvalue weighted by molar-refractivity contribution is 6.30. The molecule has 2 unspecified atom stereocenters. The first kappa shape index (κ1) is 19.8. The van der Waals surface area contributed by atoms with E-state index in [-0.39, 0.29) is 19.0 Å². The van der Waals surface area contributed by atoms with Crippen LogP contribution in [0.3, 0.4) is 0 Å². The quantitative estimate of drug-likeness (QED) is 0.569. The summed E-state index contributed by atoms with van der Waals surface area (Å²) in [5.41, 5.74) is 0.863. The Kier molecular flexibility index (Phi) is 8.05.